The highest BCUT2D eigenvalue weighted by Crippen LogP contribution is 2.25. The van der Waals surface area contributed by atoms with E-state index in [0.29, 0.717) is 5.71 Å². The first-order valence-electron chi connectivity index (χ1n) is 4.29. The number of benzene rings is 1. The second-order valence-electron chi connectivity index (χ2n) is 3.06. The van der Waals surface area contributed by atoms with Crippen LogP contribution in [-0.4, -0.2) is 11.8 Å². The van der Waals surface area contributed by atoms with Gasteiger partial charge in [0.2, 0.25) is 6.10 Å². The van der Waals surface area contributed by atoms with Gasteiger partial charge in [0.05, 0.1) is 16.3 Å². The number of halogens is 2. The smallest absolute Gasteiger partial charge is 0.218 e. The molecule has 0 aliphatic carbocycles. The Morgan fingerprint density at radius 1 is 1.60 bits per heavy atom. The van der Waals surface area contributed by atoms with Crippen LogP contribution in [0.1, 0.15) is 12.0 Å². The van der Waals surface area contributed by atoms with Gasteiger partial charge in [-0.3, -0.25) is 0 Å². The van der Waals surface area contributed by atoms with Crippen molar-refractivity contribution in [2.75, 3.05) is 0 Å². The van der Waals surface area contributed by atoms with Gasteiger partial charge in [-0.2, -0.15) is 5.26 Å². The minimum Gasteiger partial charge on any atom is -0.376 e. The molecule has 0 saturated carbocycles. The van der Waals surface area contributed by atoms with Crippen molar-refractivity contribution in [1.29, 1.82) is 5.26 Å². The topological polar surface area (TPSA) is 45.4 Å². The molecule has 0 spiro atoms. The van der Waals surface area contributed by atoms with Crippen LogP contribution in [0.25, 0.3) is 0 Å². The van der Waals surface area contributed by atoms with Gasteiger partial charge in [-0.25, -0.2) is 4.39 Å². The molecule has 1 aliphatic rings. The van der Waals surface area contributed by atoms with E-state index < -0.39 is 11.9 Å². The highest BCUT2D eigenvalue weighted by molar-refractivity contribution is 6.34. The molecule has 1 aromatic carbocycles. The summed E-state index contributed by atoms with van der Waals surface area (Å²) in [7, 11) is 0. The fraction of sp³-hybridized carbons (Fsp3) is 0.200. The summed E-state index contributed by atoms with van der Waals surface area (Å²) < 4.78 is 13.4. The highest BCUT2D eigenvalue weighted by Gasteiger charge is 2.25. The van der Waals surface area contributed by atoms with Crippen LogP contribution >= 0.6 is 11.6 Å². The quantitative estimate of drug-likeness (QED) is 0.736. The molecule has 0 fully saturated rings. The van der Waals surface area contributed by atoms with Crippen molar-refractivity contribution < 1.29 is 9.23 Å². The summed E-state index contributed by atoms with van der Waals surface area (Å²) in [5.41, 5.74) is 0.599. The largest absolute Gasteiger partial charge is 0.376 e. The Labute approximate surface area is 90.7 Å². The van der Waals surface area contributed by atoms with E-state index in [2.05, 4.69) is 5.16 Å². The third-order valence-electron chi connectivity index (χ3n) is 2.06. The molecular weight excluding hydrogens is 219 g/mol. The molecule has 1 aromatic rings. The third kappa shape index (κ3) is 1.79. The maximum atomic E-state index is 13.4. The van der Waals surface area contributed by atoms with Crippen LogP contribution in [0.2, 0.25) is 5.02 Å². The van der Waals surface area contributed by atoms with Crippen LogP contribution in [0.15, 0.2) is 23.4 Å². The monoisotopic (exact) mass is 224 g/mol. The zero-order chi connectivity index (χ0) is 10.8. The molecule has 1 heterocycles. The van der Waals surface area contributed by atoms with Crippen LogP contribution in [0.4, 0.5) is 4.39 Å². The zero-order valence-electron chi connectivity index (χ0n) is 7.58. The van der Waals surface area contributed by atoms with Gasteiger partial charge in [-0.1, -0.05) is 22.8 Å². The number of nitrogens with zero attached hydrogens (tertiary/aromatic N) is 2. The second kappa shape index (κ2) is 3.87. The van der Waals surface area contributed by atoms with E-state index in [1.807, 2.05) is 6.07 Å². The molecule has 1 atom stereocenters. The van der Waals surface area contributed by atoms with Crippen molar-refractivity contribution in [1.82, 2.24) is 0 Å². The SMILES string of the molecule is N#C[C@@H]1CC(c2c(F)cccc2Cl)=NO1. The van der Waals surface area contributed by atoms with Crippen LogP contribution in [0.3, 0.4) is 0 Å². The second-order valence-corrected chi connectivity index (χ2v) is 3.47. The molecular formula is C10H6ClFN2O. The van der Waals surface area contributed by atoms with Crippen LogP contribution in [-0.2, 0) is 4.84 Å². The molecule has 0 radical (unpaired) electrons. The van der Waals surface area contributed by atoms with Crippen molar-refractivity contribution in [3.05, 3.63) is 34.6 Å². The van der Waals surface area contributed by atoms with Crippen molar-refractivity contribution in [2.24, 2.45) is 5.16 Å². The van der Waals surface area contributed by atoms with Crippen LogP contribution in [0.5, 0.6) is 0 Å². The lowest BCUT2D eigenvalue weighted by molar-refractivity contribution is 0.125. The fourth-order valence-electron chi connectivity index (χ4n) is 1.37. The fourth-order valence-corrected chi connectivity index (χ4v) is 1.64. The lowest BCUT2D eigenvalue weighted by atomic mass is 10.0. The molecule has 0 amide bonds. The first kappa shape index (κ1) is 9.94. The minimum atomic E-state index is -0.643. The predicted molar refractivity (Wildman–Crippen MR) is 53.1 cm³/mol. The van der Waals surface area contributed by atoms with Crippen LogP contribution < -0.4 is 0 Å². The molecule has 0 aromatic heterocycles. The van der Waals surface area contributed by atoms with Gasteiger partial charge in [0.1, 0.15) is 11.9 Å². The summed E-state index contributed by atoms with van der Waals surface area (Å²) in [6.45, 7) is 0. The molecule has 15 heavy (non-hydrogen) atoms. The molecule has 1 aliphatic heterocycles. The van der Waals surface area contributed by atoms with E-state index in [1.165, 1.54) is 12.1 Å². The van der Waals surface area contributed by atoms with E-state index in [1.54, 1.807) is 6.07 Å². The van der Waals surface area contributed by atoms with Crippen molar-refractivity contribution in [3.8, 4) is 6.07 Å². The summed E-state index contributed by atoms with van der Waals surface area (Å²) in [5, 5.41) is 12.5. The molecule has 0 N–H and O–H groups in total. The molecule has 5 heteroatoms. The average Bonchev–Trinajstić information content (AvgIpc) is 2.66. The van der Waals surface area contributed by atoms with Crippen molar-refractivity contribution in [3.63, 3.8) is 0 Å². The minimum absolute atomic E-state index is 0.219. The summed E-state index contributed by atoms with van der Waals surface area (Å²) in [4.78, 5) is 4.78. The van der Waals surface area contributed by atoms with Gasteiger partial charge in [-0.05, 0) is 12.1 Å². The molecule has 3 nitrogen and oxygen atoms in total. The van der Waals surface area contributed by atoms with Gasteiger partial charge in [-0.15, -0.1) is 0 Å². The van der Waals surface area contributed by atoms with E-state index in [0.717, 1.165) is 0 Å². The Hall–Kier alpha value is -1.60. The Bertz CT molecular complexity index is 447. The lowest BCUT2D eigenvalue weighted by Gasteiger charge is -2.02. The predicted octanol–water partition coefficient (Wildman–Crippen LogP) is 2.50. The molecule has 0 saturated heterocycles. The average molecular weight is 225 g/mol. The Kier molecular flexibility index (Phi) is 2.57. The maximum absolute atomic E-state index is 13.4. The normalized spacial score (nSPS) is 19.3. The zero-order valence-corrected chi connectivity index (χ0v) is 8.33. The van der Waals surface area contributed by atoms with Gasteiger partial charge in [0.15, 0.2) is 0 Å². The maximum Gasteiger partial charge on any atom is 0.218 e. The van der Waals surface area contributed by atoms with Crippen LogP contribution in [0, 0.1) is 17.1 Å². The molecule has 2 rings (SSSR count). The summed E-state index contributed by atoms with van der Waals surface area (Å²) >= 11 is 5.84. The number of hydrogen-bond donors (Lipinski definition) is 0. The Morgan fingerprint density at radius 3 is 3.00 bits per heavy atom. The highest BCUT2D eigenvalue weighted by atomic mass is 35.5. The first-order chi connectivity index (χ1) is 7.22. The lowest BCUT2D eigenvalue weighted by Crippen LogP contribution is -2.07. The van der Waals surface area contributed by atoms with Crippen molar-refractivity contribution in [2.45, 2.75) is 12.5 Å². The molecule has 0 unspecified atom stereocenters. The first-order valence-corrected chi connectivity index (χ1v) is 4.67. The molecule has 0 bridgehead atoms. The van der Waals surface area contributed by atoms with E-state index in [9.17, 15) is 4.39 Å². The summed E-state index contributed by atoms with van der Waals surface area (Å²) in [5.74, 6) is -0.455. The van der Waals surface area contributed by atoms with Crippen molar-refractivity contribution >= 4 is 17.3 Å². The Balaban J connectivity index is 2.36. The van der Waals surface area contributed by atoms with E-state index in [-0.39, 0.29) is 17.0 Å². The van der Waals surface area contributed by atoms with Gasteiger partial charge in [0.25, 0.3) is 0 Å². The number of nitriles is 1. The summed E-state index contributed by atoms with van der Waals surface area (Å²) in [6, 6.07) is 6.28. The van der Waals surface area contributed by atoms with Gasteiger partial charge < -0.3 is 4.84 Å². The number of oxime groups is 1. The summed E-state index contributed by atoms with van der Waals surface area (Å²) in [6.07, 6.45) is -0.382. The third-order valence-corrected chi connectivity index (χ3v) is 2.38. The van der Waals surface area contributed by atoms with Gasteiger partial charge in [0, 0.05) is 6.42 Å². The standard InChI is InChI=1S/C10H6ClFN2O/c11-7-2-1-3-8(12)10(7)9-4-6(5-13)15-14-9/h1-3,6H,4H2/t6-/m0/s1. The van der Waals surface area contributed by atoms with Gasteiger partial charge >= 0.3 is 0 Å². The van der Waals surface area contributed by atoms with E-state index >= 15 is 0 Å². The number of hydrogen-bond acceptors (Lipinski definition) is 3. The molecule has 76 valence electrons. The van der Waals surface area contributed by atoms with E-state index in [4.69, 9.17) is 21.7 Å². The number of rotatable bonds is 1. The Morgan fingerprint density at radius 2 is 2.40 bits per heavy atom.